The first-order valence-electron chi connectivity index (χ1n) is 9.35. The van der Waals surface area contributed by atoms with Crippen LogP contribution in [-0.2, 0) is 17.0 Å². The minimum atomic E-state index is -1.45. The van der Waals surface area contributed by atoms with Crippen LogP contribution in [0.2, 0.25) is 0 Å². The molecule has 1 spiro atoms. The minimum Gasteiger partial charge on any atom is -0.350 e. The van der Waals surface area contributed by atoms with Gasteiger partial charge in [0.25, 0.3) is 11.8 Å². The number of fused-ring (bicyclic) bond motifs is 3. The Morgan fingerprint density at radius 3 is 2.52 bits per heavy atom. The standard InChI is InChI=1S/C23H18FN3O2/c1-14-6-8-15(9-7-14)13-27-21(28)17-4-2-3-5-19(17)26-23(27)18-11-10-16(24)12-20(18)25-22(23)29/h2-12,26H,13H2,1H3,(H,25,29)/t23-/m0/s1. The third-order valence-corrected chi connectivity index (χ3v) is 5.53. The van der Waals surface area contributed by atoms with Gasteiger partial charge in [0.05, 0.1) is 11.3 Å². The number of carbonyl (C=O) groups excluding carboxylic acids is 2. The number of halogens is 1. The van der Waals surface area contributed by atoms with Crippen molar-refractivity contribution in [3.8, 4) is 0 Å². The molecular weight excluding hydrogens is 369 g/mol. The average Bonchev–Trinajstić information content (AvgIpc) is 2.97. The lowest BCUT2D eigenvalue weighted by molar-refractivity contribution is -0.125. The molecule has 5 rings (SSSR count). The van der Waals surface area contributed by atoms with Crippen LogP contribution in [0.4, 0.5) is 15.8 Å². The number of nitrogens with zero attached hydrogens (tertiary/aromatic N) is 1. The zero-order valence-electron chi connectivity index (χ0n) is 15.7. The first kappa shape index (κ1) is 17.4. The monoisotopic (exact) mass is 387 g/mol. The zero-order chi connectivity index (χ0) is 20.2. The van der Waals surface area contributed by atoms with Gasteiger partial charge in [-0.15, -0.1) is 0 Å². The number of hydrogen-bond donors (Lipinski definition) is 2. The molecule has 2 aliphatic rings. The van der Waals surface area contributed by atoms with Gasteiger partial charge < -0.3 is 10.6 Å². The number of amides is 2. The summed E-state index contributed by atoms with van der Waals surface area (Å²) in [5.41, 5.74) is 2.52. The average molecular weight is 387 g/mol. The second kappa shape index (κ2) is 6.17. The van der Waals surface area contributed by atoms with Gasteiger partial charge in [-0.3, -0.25) is 14.5 Å². The van der Waals surface area contributed by atoms with Crippen molar-refractivity contribution in [2.45, 2.75) is 19.1 Å². The molecule has 2 heterocycles. The Morgan fingerprint density at radius 2 is 1.72 bits per heavy atom. The molecule has 6 heteroatoms. The van der Waals surface area contributed by atoms with E-state index in [9.17, 15) is 14.0 Å². The van der Waals surface area contributed by atoms with Gasteiger partial charge >= 0.3 is 0 Å². The summed E-state index contributed by atoms with van der Waals surface area (Å²) in [5, 5.41) is 6.02. The molecule has 0 bridgehead atoms. The van der Waals surface area contributed by atoms with E-state index in [2.05, 4.69) is 10.6 Å². The van der Waals surface area contributed by atoms with E-state index in [1.807, 2.05) is 31.2 Å². The van der Waals surface area contributed by atoms with Crippen LogP contribution in [0, 0.1) is 12.7 Å². The summed E-state index contributed by atoms with van der Waals surface area (Å²) in [5.74, 6) is -1.12. The van der Waals surface area contributed by atoms with E-state index in [-0.39, 0.29) is 12.5 Å². The van der Waals surface area contributed by atoms with E-state index in [4.69, 9.17) is 0 Å². The molecule has 3 aromatic carbocycles. The summed E-state index contributed by atoms with van der Waals surface area (Å²) < 4.78 is 13.8. The van der Waals surface area contributed by atoms with Crippen LogP contribution in [0.3, 0.4) is 0 Å². The fourth-order valence-electron chi connectivity index (χ4n) is 4.07. The first-order valence-corrected chi connectivity index (χ1v) is 9.35. The van der Waals surface area contributed by atoms with Gasteiger partial charge in [-0.1, -0.05) is 42.0 Å². The lowest BCUT2D eigenvalue weighted by atomic mass is 9.92. The molecule has 0 aliphatic carbocycles. The first-order chi connectivity index (χ1) is 14.0. The lowest BCUT2D eigenvalue weighted by Crippen LogP contribution is -2.60. The Labute approximate surface area is 167 Å². The van der Waals surface area contributed by atoms with Gasteiger partial charge in [0, 0.05) is 17.8 Å². The highest BCUT2D eigenvalue weighted by Gasteiger charge is 2.56. The second-order valence-electron chi connectivity index (χ2n) is 7.40. The van der Waals surface area contributed by atoms with E-state index in [0.717, 1.165) is 11.1 Å². The van der Waals surface area contributed by atoms with E-state index in [1.165, 1.54) is 17.0 Å². The molecule has 0 fully saturated rings. The predicted molar refractivity (Wildman–Crippen MR) is 108 cm³/mol. The smallest absolute Gasteiger partial charge is 0.276 e. The van der Waals surface area contributed by atoms with E-state index >= 15 is 0 Å². The van der Waals surface area contributed by atoms with Crippen molar-refractivity contribution in [2.75, 3.05) is 10.6 Å². The molecule has 0 radical (unpaired) electrons. The fourth-order valence-corrected chi connectivity index (χ4v) is 4.07. The molecule has 2 amide bonds. The van der Waals surface area contributed by atoms with Gasteiger partial charge in [-0.25, -0.2) is 4.39 Å². The normalized spacial score (nSPS) is 19.6. The lowest BCUT2D eigenvalue weighted by Gasteiger charge is -2.44. The molecule has 0 aromatic heterocycles. The molecule has 144 valence electrons. The number of anilines is 2. The SMILES string of the molecule is Cc1ccc(CN2C(=O)c3ccccc3N[C@]23C(=O)Nc2cc(F)ccc23)cc1. The quantitative estimate of drug-likeness (QED) is 0.699. The van der Waals surface area contributed by atoms with Gasteiger partial charge in [0.2, 0.25) is 5.66 Å². The maximum atomic E-state index is 13.8. The highest BCUT2D eigenvalue weighted by Crippen LogP contribution is 2.46. The van der Waals surface area contributed by atoms with Crippen molar-refractivity contribution in [2.24, 2.45) is 0 Å². The van der Waals surface area contributed by atoms with Crippen molar-refractivity contribution >= 4 is 23.2 Å². The fraction of sp³-hybridized carbons (Fsp3) is 0.130. The van der Waals surface area contributed by atoms with Gasteiger partial charge in [0.15, 0.2) is 0 Å². The molecule has 3 aromatic rings. The zero-order valence-corrected chi connectivity index (χ0v) is 15.7. The molecule has 29 heavy (non-hydrogen) atoms. The van der Waals surface area contributed by atoms with Gasteiger partial charge in [-0.05, 0) is 42.8 Å². The minimum absolute atomic E-state index is 0.227. The largest absolute Gasteiger partial charge is 0.350 e. The summed E-state index contributed by atoms with van der Waals surface area (Å²) in [6, 6.07) is 19.1. The molecule has 0 unspecified atom stereocenters. The van der Waals surface area contributed by atoms with E-state index in [0.29, 0.717) is 22.5 Å². The Kier molecular flexibility index (Phi) is 3.71. The van der Waals surface area contributed by atoms with Crippen LogP contribution in [-0.4, -0.2) is 16.7 Å². The summed E-state index contributed by atoms with van der Waals surface area (Å²) >= 11 is 0. The van der Waals surface area contributed by atoms with Gasteiger partial charge in [0.1, 0.15) is 5.82 Å². The number of hydrogen-bond acceptors (Lipinski definition) is 3. The Bertz CT molecular complexity index is 1160. The van der Waals surface area contributed by atoms with E-state index < -0.39 is 17.4 Å². The molecule has 2 N–H and O–H groups in total. The number of benzene rings is 3. The summed E-state index contributed by atoms with van der Waals surface area (Å²) in [7, 11) is 0. The van der Waals surface area contributed by atoms with Gasteiger partial charge in [-0.2, -0.15) is 0 Å². The molecule has 0 saturated carbocycles. The van der Waals surface area contributed by atoms with Crippen LogP contribution in [0.5, 0.6) is 0 Å². The third-order valence-electron chi connectivity index (χ3n) is 5.53. The molecule has 5 nitrogen and oxygen atoms in total. The maximum absolute atomic E-state index is 13.8. The Hall–Kier alpha value is -3.67. The highest BCUT2D eigenvalue weighted by atomic mass is 19.1. The summed E-state index contributed by atoms with van der Waals surface area (Å²) in [6.45, 7) is 2.22. The van der Waals surface area contributed by atoms with Crippen molar-refractivity contribution in [1.82, 2.24) is 4.90 Å². The molecule has 0 saturated heterocycles. The van der Waals surface area contributed by atoms with Crippen LogP contribution < -0.4 is 10.6 Å². The van der Waals surface area contributed by atoms with Crippen LogP contribution in [0.15, 0.2) is 66.7 Å². The van der Waals surface area contributed by atoms with E-state index in [1.54, 1.807) is 30.3 Å². The second-order valence-corrected chi connectivity index (χ2v) is 7.40. The third kappa shape index (κ3) is 2.52. The number of rotatable bonds is 2. The molecule has 1 atom stereocenters. The Morgan fingerprint density at radius 1 is 0.966 bits per heavy atom. The van der Waals surface area contributed by atoms with Crippen LogP contribution in [0.25, 0.3) is 0 Å². The maximum Gasteiger partial charge on any atom is 0.276 e. The topological polar surface area (TPSA) is 61.4 Å². The van der Waals surface area contributed by atoms with Crippen molar-refractivity contribution in [3.63, 3.8) is 0 Å². The van der Waals surface area contributed by atoms with Crippen molar-refractivity contribution < 1.29 is 14.0 Å². The van der Waals surface area contributed by atoms with Crippen molar-refractivity contribution in [3.05, 3.63) is 94.8 Å². The predicted octanol–water partition coefficient (Wildman–Crippen LogP) is 4.01. The van der Waals surface area contributed by atoms with Crippen molar-refractivity contribution in [1.29, 1.82) is 0 Å². The van der Waals surface area contributed by atoms with Crippen LogP contribution >= 0.6 is 0 Å². The molecule has 2 aliphatic heterocycles. The summed E-state index contributed by atoms with van der Waals surface area (Å²) in [4.78, 5) is 28.3. The Balaban J connectivity index is 1.70. The molecular formula is C23H18FN3O2. The number of nitrogens with one attached hydrogen (secondary N) is 2. The summed E-state index contributed by atoms with van der Waals surface area (Å²) in [6.07, 6.45) is 0. The highest BCUT2D eigenvalue weighted by molar-refractivity contribution is 6.14. The number of carbonyl (C=O) groups is 2. The number of aryl methyl sites for hydroxylation is 1. The van der Waals surface area contributed by atoms with Crippen LogP contribution in [0.1, 0.15) is 27.0 Å². The number of para-hydroxylation sites is 1.